The summed E-state index contributed by atoms with van der Waals surface area (Å²) in [5.41, 5.74) is 7.39. The fraction of sp³-hybridized carbons (Fsp3) is 0.769. The van der Waals surface area contributed by atoms with E-state index in [1.807, 2.05) is 6.33 Å². The molecule has 1 aliphatic carbocycles. The molecule has 0 bridgehead atoms. The van der Waals surface area contributed by atoms with Crippen molar-refractivity contribution in [3.05, 3.63) is 12.0 Å². The maximum Gasteiger partial charge on any atom is 0.127 e. The summed E-state index contributed by atoms with van der Waals surface area (Å²) in [5, 5.41) is 0. The van der Waals surface area contributed by atoms with Crippen molar-refractivity contribution in [2.45, 2.75) is 64.3 Å². The van der Waals surface area contributed by atoms with Gasteiger partial charge in [-0.3, -0.25) is 0 Å². The van der Waals surface area contributed by atoms with Gasteiger partial charge in [0.05, 0.1) is 12.0 Å². The summed E-state index contributed by atoms with van der Waals surface area (Å²) in [5.74, 6) is 1.47. The molecule has 1 fully saturated rings. The third kappa shape index (κ3) is 2.08. The first-order valence-corrected chi connectivity index (χ1v) is 6.33. The Bertz CT molecular complexity index is 354. The van der Waals surface area contributed by atoms with Crippen molar-refractivity contribution < 1.29 is 0 Å². The van der Waals surface area contributed by atoms with Crippen LogP contribution in [0.25, 0.3) is 0 Å². The van der Waals surface area contributed by atoms with E-state index in [1.54, 1.807) is 0 Å². The maximum absolute atomic E-state index is 6.22. The fourth-order valence-corrected chi connectivity index (χ4v) is 2.60. The summed E-state index contributed by atoms with van der Waals surface area (Å²) in [6.45, 7) is 6.49. The lowest BCUT2D eigenvalue weighted by molar-refractivity contribution is 0.400. The van der Waals surface area contributed by atoms with Crippen LogP contribution in [-0.4, -0.2) is 9.55 Å². The second-order valence-corrected chi connectivity index (χ2v) is 5.89. The van der Waals surface area contributed by atoms with E-state index in [0.717, 1.165) is 11.5 Å². The summed E-state index contributed by atoms with van der Waals surface area (Å²) in [6.07, 6.45) is 8.44. The van der Waals surface area contributed by atoms with Crippen molar-refractivity contribution in [1.82, 2.24) is 9.55 Å². The van der Waals surface area contributed by atoms with Gasteiger partial charge in [0.1, 0.15) is 5.82 Å². The Morgan fingerprint density at radius 3 is 2.38 bits per heavy atom. The summed E-state index contributed by atoms with van der Waals surface area (Å²) < 4.78 is 2.09. The number of anilines is 1. The van der Waals surface area contributed by atoms with E-state index < -0.39 is 0 Å². The van der Waals surface area contributed by atoms with Crippen molar-refractivity contribution in [3.63, 3.8) is 0 Å². The molecule has 0 unspecified atom stereocenters. The molecule has 0 radical (unpaired) electrons. The molecule has 3 heteroatoms. The Balaban J connectivity index is 2.25. The van der Waals surface area contributed by atoms with E-state index >= 15 is 0 Å². The number of nitrogens with two attached hydrogens (primary N) is 1. The predicted molar refractivity (Wildman–Crippen MR) is 67.5 cm³/mol. The number of nitrogens with zero attached hydrogens (tertiary/aromatic N) is 2. The van der Waals surface area contributed by atoms with Crippen LogP contribution in [0, 0.1) is 0 Å². The Morgan fingerprint density at radius 2 is 1.88 bits per heavy atom. The first kappa shape index (κ1) is 11.5. The van der Waals surface area contributed by atoms with Crippen LogP contribution in [0.4, 0.5) is 5.82 Å². The van der Waals surface area contributed by atoms with Gasteiger partial charge in [0.15, 0.2) is 0 Å². The van der Waals surface area contributed by atoms with Gasteiger partial charge in [0, 0.05) is 11.5 Å². The Kier molecular flexibility index (Phi) is 2.96. The quantitative estimate of drug-likeness (QED) is 0.791. The second kappa shape index (κ2) is 4.11. The number of rotatable bonds is 1. The summed E-state index contributed by atoms with van der Waals surface area (Å²) in [7, 11) is 0. The number of imidazole rings is 1. The van der Waals surface area contributed by atoms with Crippen molar-refractivity contribution >= 4 is 5.82 Å². The molecule has 0 atom stereocenters. The number of nitrogen functional groups attached to an aromatic ring is 1. The smallest absolute Gasteiger partial charge is 0.127 e. The maximum atomic E-state index is 6.22. The Hall–Kier alpha value is -0.990. The van der Waals surface area contributed by atoms with Crippen LogP contribution in [0.5, 0.6) is 0 Å². The Morgan fingerprint density at radius 1 is 1.25 bits per heavy atom. The first-order valence-electron chi connectivity index (χ1n) is 6.33. The van der Waals surface area contributed by atoms with Crippen LogP contribution in [-0.2, 0) is 5.54 Å². The molecule has 2 rings (SSSR count). The zero-order valence-corrected chi connectivity index (χ0v) is 10.7. The van der Waals surface area contributed by atoms with Gasteiger partial charge in [0.25, 0.3) is 0 Å². The number of hydrogen-bond donors (Lipinski definition) is 1. The van der Waals surface area contributed by atoms with E-state index in [1.165, 1.54) is 32.1 Å². The molecule has 0 spiro atoms. The van der Waals surface area contributed by atoms with Crippen molar-refractivity contribution in [2.24, 2.45) is 0 Å². The average Bonchev–Trinajstić information content (AvgIpc) is 2.61. The standard InChI is InChI=1S/C13H23N3/c1-13(2,3)16-9-15-11(12(16)14)10-7-5-4-6-8-10/h9-10H,4-8,14H2,1-3H3. The van der Waals surface area contributed by atoms with Gasteiger partial charge in [-0.05, 0) is 33.6 Å². The number of hydrogen-bond acceptors (Lipinski definition) is 2. The van der Waals surface area contributed by atoms with Gasteiger partial charge < -0.3 is 10.3 Å². The van der Waals surface area contributed by atoms with Gasteiger partial charge in [-0.25, -0.2) is 4.98 Å². The van der Waals surface area contributed by atoms with E-state index in [9.17, 15) is 0 Å². The van der Waals surface area contributed by atoms with Gasteiger partial charge in [-0.15, -0.1) is 0 Å². The minimum Gasteiger partial charge on any atom is -0.384 e. The molecule has 3 nitrogen and oxygen atoms in total. The molecular formula is C13H23N3. The zero-order valence-electron chi connectivity index (χ0n) is 10.7. The van der Waals surface area contributed by atoms with Crippen molar-refractivity contribution in [3.8, 4) is 0 Å². The molecule has 0 saturated heterocycles. The predicted octanol–water partition coefficient (Wildman–Crippen LogP) is 3.27. The fourth-order valence-electron chi connectivity index (χ4n) is 2.60. The highest BCUT2D eigenvalue weighted by atomic mass is 15.2. The SMILES string of the molecule is CC(C)(C)n1cnc(C2CCCCC2)c1N. The Labute approximate surface area is 98.1 Å². The third-order valence-electron chi connectivity index (χ3n) is 3.55. The highest BCUT2D eigenvalue weighted by Gasteiger charge is 2.24. The molecular weight excluding hydrogens is 198 g/mol. The molecule has 1 aromatic rings. The lowest BCUT2D eigenvalue weighted by Gasteiger charge is -2.24. The monoisotopic (exact) mass is 221 g/mol. The van der Waals surface area contributed by atoms with Crippen LogP contribution < -0.4 is 5.73 Å². The lowest BCUT2D eigenvalue weighted by Crippen LogP contribution is -2.23. The molecule has 2 N–H and O–H groups in total. The summed E-state index contributed by atoms with van der Waals surface area (Å²) >= 11 is 0. The second-order valence-electron chi connectivity index (χ2n) is 5.89. The van der Waals surface area contributed by atoms with Crippen LogP contribution in [0.3, 0.4) is 0 Å². The third-order valence-corrected chi connectivity index (χ3v) is 3.55. The first-order chi connectivity index (χ1) is 7.50. The minimum atomic E-state index is 0.0317. The van der Waals surface area contributed by atoms with E-state index in [-0.39, 0.29) is 5.54 Å². The van der Waals surface area contributed by atoms with Crippen molar-refractivity contribution in [2.75, 3.05) is 5.73 Å². The summed E-state index contributed by atoms with van der Waals surface area (Å²) in [4.78, 5) is 4.54. The normalized spacial score (nSPS) is 18.9. The van der Waals surface area contributed by atoms with Gasteiger partial charge in [0.2, 0.25) is 0 Å². The van der Waals surface area contributed by atoms with Crippen molar-refractivity contribution in [1.29, 1.82) is 0 Å². The van der Waals surface area contributed by atoms with E-state index in [0.29, 0.717) is 5.92 Å². The van der Waals surface area contributed by atoms with Gasteiger partial charge in [-0.1, -0.05) is 19.3 Å². The number of aromatic nitrogens is 2. The molecule has 16 heavy (non-hydrogen) atoms. The van der Waals surface area contributed by atoms with Crippen LogP contribution in [0.1, 0.15) is 64.5 Å². The molecule has 0 aliphatic heterocycles. The molecule has 1 heterocycles. The van der Waals surface area contributed by atoms with Crippen LogP contribution in [0.2, 0.25) is 0 Å². The van der Waals surface area contributed by atoms with E-state index in [2.05, 4.69) is 30.3 Å². The van der Waals surface area contributed by atoms with Crippen LogP contribution in [0.15, 0.2) is 6.33 Å². The minimum absolute atomic E-state index is 0.0317. The van der Waals surface area contributed by atoms with Gasteiger partial charge in [-0.2, -0.15) is 0 Å². The molecule has 0 aromatic carbocycles. The molecule has 1 aliphatic rings. The highest BCUT2D eigenvalue weighted by molar-refractivity contribution is 5.39. The molecule has 1 aromatic heterocycles. The zero-order chi connectivity index (χ0) is 11.8. The topological polar surface area (TPSA) is 43.8 Å². The van der Waals surface area contributed by atoms with Gasteiger partial charge >= 0.3 is 0 Å². The molecule has 0 amide bonds. The molecule has 1 saturated carbocycles. The molecule has 90 valence electrons. The van der Waals surface area contributed by atoms with Crippen LogP contribution >= 0.6 is 0 Å². The highest BCUT2D eigenvalue weighted by Crippen LogP contribution is 2.35. The summed E-state index contributed by atoms with van der Waals surface area (Å²) in [6, 6.07) is 0. The average molecular weight is 221 g/mol. The lowest BCUT2D eigenvalue weighted by atomic mass is 9.87. The largest absolute Gasteiger partial charge is 0.384 e. The van der Waals surface area contributed by atoms with E-state index in [4.69, 9.17) is 5.73 Å².